The lowest BCUT2D eigenvalue weighted by atomic mass is 9.92. The number of piperidine rings is 1. The van der Waals surface area contributed by atoms with E-state index in [0.717, 1.165) is 47.2 Å². The van der Waals surface area contributed by atoms with Crippen molar-refractivity contribution in [1.29, 1.82) is 0 Å². The van der Waals surface area contributed by atoms with Gasteiger partial charge in [-0.15, -0.1) is 0 Å². The second-order valence-electron chi connectivity index (χ2n) is 7.57. The zero-order valence-corrected chi connectivity index (χ0v) is 16.2. The normalized spacial score (nSPS) is 19.4. The van der Waals surface area contributed by atoms with Crippen molar-refractivity contribution in [3.63, 3.8) is 0 Å². The largest absolute Gasteiger partial charge is 0.464 e. The van der Waals surface area contributed by atoms with E-state index in [1.165, 1.54) is 12.0 Å². The minimum atomic E-state index is 0.322. The van der Waals surface area contributed by atoms with E-state index in [2.05, 4.69) is 63.1 Å². The fraction of sp³-hybridized carbons (Fsp3) is 0.250. The molecular weight excluding hydrogens is 360 g/mol. The van der Waals surface area contributed by atoms with Gasteiger partial charge in [0.1, 0.15) is 11.9 Å². The summed E-state index contributed by atoms with van der Waals surface area (Å²) in [6.07, 6.45) is 9.35. The van der Waals surface area contributed by atoms with Gasteiger partial charge in [0.2, 0.25) is 0 Å². The third kappa shape index (κ3) is 3.79. The summed E-state index contributed by atoms with van der Waals surface area (Å²) in [6, 6.07) is 17.7. The third-order valence-electron chi connectivity index (χ3n) is 5.69. The second kappa shape index (κ2) is 8.15. The smallest absolute Gasteiger partial charge is 0.138 e. The van der Waals surface area contributed by atoms with Crippen molar-refractivity contribution in [2.75, 3.05) is 6.54 Å². The molecule has 1 saturated heterocycles. The summed E-state index contributed by atoms with van der Waals surface area (Å²) >= 11 is 0. The number of nitrogens with one attached hydrogen (secondary N) is 2. The maximum atomic E-state index is 5.80. The number of benzene rings is 2. The Morgan fingerprint density at radius 3 is 2.76 bits per heavy atom. The van der Waals surface area contributed by atoms with E-state index in [1.54, 1.807) is 12.6 Å². The maximum Gasteiger partial charge on any atom is 0.138 e. The first-order chi connectivity index (χ1) is 14.4. The summed E-state index contributed by atoms with van der Waals surface area (Å²) in [4.78, 5) is 8.33. The quantitative estimate of drug-likeness (QED) is 0.531. The van der Waals surface area contributed by atoms with Crippen LogP contribution in [0.4, 0.5) is 0 Å². The van der Waals surface area contributed by atoms with Gasteiger partial charge in [0.25, 0.3) is 0 Å². The molecule has 0 bridgehead atoms. The minimum Gasteiger partial charge on any atom is -0.464 e. The van der Waals surface area contributed by atoms with Crippen LogP contribution in [0.5, 0.6) is 0 Å². The highest BCUT2D eigenvalue weighted by atomic mass is 16.3. The molecule has 2 N–H and O–H groups in total. The minimum absolute atomic E-state index is 0.322. The first-order valence-electron chi connectivity index (χ1n) is 10.2. The van der Waals surface area contributed by atoms with Crippen LogP contribution in [0.15, 0.2) is 77.9 Å². The zero-order valence-electron chi connectivity index (χ0n) is 16.2. The molecule has 3 heterocycles. The lowest BCUT2D eigenvalue weighted by Gasteiger charge is -2.34. The molecule has 0 spiro atoms. The summed E-state index contributed by atoms with van der Waals surface area (Å²) < 4.78 is 5.80. The first kappa shape index (κ1) is 18.0. The van der Waals surface area contributed by atoms with Gasteiger partial charge in [0, 0.05) is 47.5 Å². The molecule has 5 rings (SSSR count). The van der Waals surface area contributed by atoms with Crippen molar-refractivity contribution in [2.24, 2.45) is 0 Å². The molecule has 1 aliphatic rings. The molecule has 29 heavy (non-hydrogen) atoms. The number of hydrogen-bond donors (Lipinski definition) is 2. The number of furan rings is 1. The van der Waals surface area contributed by atoms with Crippen molar-refractivity contribution >= 4 is 11.0 Å². The average molecular weight is 384 g/mol. The van der Waals surface area contributed by atoms with Crippen LogP contribution in [0.2, 0.25) is 0 Å². The molecule has 146 valence electrons. The van der Waals surface area contributed by atoms with E-state index in [-0.39, 0.29) is 0 Å². The molecule has 1 aliphatic heterocycles. The van der Waals surface area contributed by atoms with Gasteiger partial charge in [-0.05, 0) is 48.7 Å². The van der Waals surface area contributed by atoms with Gasteiger partial charge in [-0.3, -0.25) is 0 Å². The van der Waals surface area contributed by atoms with Gasteiger partial charge < -0.3 is 15.1 Å². The molecule has 2 aromatic heterocycles. The maximum absolute atomic E-state index is 5.80. The summed E-state index contributed by atoms with van der Waals surface area (Å²) in [5, 5.41) is 8.58. The van der Waals surface area contributed by atoms with E-state index >= 15 is 0 Å². The van der Waals surface area contributed by atoms with Crippen LogP contribution < -0.4 is 10.6 Å². The van der Waals surface area contributed by atoms with Crippen LogP contribution in [-0.4, -0.2) is 22.6 Å². The van der Waals surface area contributed by atoms with Gasteiger partial charge in [-0.1, -0.05) is 30.3 Å². The van der Waals surface area contributed by atoms with E-state index < -0.39 is 0 Å². The highest BCUT2D eigenvalue weighted by Crippen LogP contribution is 2.29. The Bertz CT molecular complexity index is 1080. The molecule has 0 amide bonds. The topological polar surface area (TPSA) is 63.0 Å². The van der Waals surface area contributed by atoms with Gasteiger partial charge in [-0.2, -0.15) is 0 Å². The standard InChI is InChI=1S/C24H24N4O/c1-2-5-17(6-3-1)23-22(7-4-9-27-23)28-15-20-12-19(21-13-25-16-26-14-21)11-18-8-10-29-24(18)20/h1-3,5-6,8,10-14,16,22-23,27-28H,4,7,9,15H2. The Morgan fingerprint density at radius 2 is 1.90 bits per heavy atom. The van der Waals surface area contributed by atoms with Crippen LogP contribution in [-0.2, 0) is 6.54 Å². The van der Waals surface area contributed by atoms with Crippen LogP contribution >= 0.6 is 0 Å². The summed E-state index contributed by atoms with van der Waals surface area (Å²) in [5.41, 5.74) is 5.56. The Kier molecular flexibility index (Phi) is 5.07. The van der Waals surface area contributed by atoms with Crippen LogP contribution in [0.25, 0.3) is 22.1 Å². The van der Waals surface area contributed by atoms with Crippen molar-refractivity contribution < 1.29 is 4.42 Å². The van der Waals surface area contributed by atoms with Crippen molar-refractivity contribution in [2.45, 2.75) is 31.5 Å². The Morgan fingerprint density at radius 1 is 1.03 bits per heavy atom. The SMILES string of the molecule is c1ccc(C2NCCCC2NCc2cc(-c3cncnc3)cc3ccoc23)cc1. The van der Waals surface area contributed by atoms with Crippen molar-refractivity contribution in [3.05, 3.63) is 84.6 Å². The molecule has 0 aliphatic carbocycles. The third-order valence-corrected chi connectivity index (χ3v) is 5.69. The molecule has 2 atom stereocenters. The van der Waals surface area contributed by atoms with Gasteiger partial charge in [0.15, 0.2) is 0 Å². The molecule has 2 unspecified atom stereocenters. The number of aromatic nitrogens is 2. The van der Waals surface area contributed by atoms with Gasteiger partial charge in [-0.25, -0.2) is 9.97 Å². The predicted molar refractivity (Wildman–Crippen MR) is 114 cm³/mol. The molecule has 1 fully saturated rings. The molecule has 4 aromatic rings. The fourth-order valence-corrected chi connectivity index (χ4v) is 4.26. The van der Waals surface area contributed by atoms with Crippen LogP contribution in [0.1, 0.15) is 30.0 Å². The Labute approximate surface area is 170 Å². The van der Waals surface area contributed by atoms with Crippen LogP contribution in [0.3, 0.4) is 0 Å². The van der Waals surface area contributed by atoms with Crippen molar-refractivity contribution in [3.8, 4) is 11.1 Å². The molecule has 2 aromatic carbocycles. The Balaban J connectivity index is 1.42. The van der Waals surface area contributed by atoms with E-state index in [9.17, 15) is 0 Å². The number of nitrogens with zero attached hydrogens (tertiary/aromatic N) is 2. The molecular formula is C24H24N4O. The monoisotopic (exact) mass is 384 g/mol. The van der Waals surface area contributed by atoms with Crippen molar-refractivity contribution in [1.82, 2.24) is 20.6 Å². The van der Waals surface area contributed by atoms with Crippen LogP contribution in [0, 0.1) is 0 Å². The highest BCUT2D eigenvalue weighted by Gasteiger charge is 2.25. The van der Waals surface area contributed by atoms with Gasteiger partial charge >= 0.3 is 0 Å². The lowest BCUT2D eigenvalue weighted by molar-refractivity contribution is 0.304. The zero-order chi connectivity index (χ0) is 19.5. The van der Waals surface area contributed by atoms with Gasteiger partial charge in [0.05, 0.1) is 6.26 Å². The molecule has 5 heteroatoms. The number of rotatable bonds is 5. The fourth-order valence-electron chi connectivity index (χ4n) is 4.26. The highest BCUT2D eigenvalue weighted by molar-refractivity contribution is 5.86. The average Bonchev–Trinajstić information content (AvgIpc) is 3.28. The summed E-state index contributed by atoms with van der Waals surface area (Å²) in [6.45, 7) is 1.81. The lowest BCUT2D eigenvalue weighted by Crippen LogP contribution is -2.45. The number of hydrogen-bond acceptors (Lipinski definition) is 5. The van der Waals surface area contributed by atoms with E-state index in [0.29, 0.717) is 12.1 Å². The molecule has 0 saturated carbocycles. The Hall–Kier alpha value is -3.02. The van der Waals surface area contributed by atoms with E-state index in [4.69, 9.17) is 4.42 Å². The summed E-state index contributed by atoms with van der Waals surface area (Å²) in [5.74, 6) is 0. The van der Waals surface area contributed by atoms with E-state index in [1.807, 2.05) is 18.5 Å². The predicted octanol–water partition coefficient (Wildman–Crippen LogP) is 4.47. The second-order valence-corrected chi connectivity index (χ2v) is 7.57. The summed E-state index contributed by atoms with van der Waals surface area (Å²) in [7, 11) is 0. The first-order valence-corrected chi connectivity index (χ1v) is 10.2. The molecule has 5 nitrogen and oxygen atoms in total. The number of fused-ring (bicyclic) bond motifs is 1. The molecule has 0 radical (unpaired) electrons.